The maximum atomic E-state index is 12.6. The van der Waals surface area contributed by atoms with Gasteiger partial charge in [-0.05, 0) is 71.8 Å². The van der Waals surface area contributed by atoms with Crippen molar-refractivity contribution in [1.82, 2.24) is 0 Å². The number of hydrogen-bond donors (Lipinski definition) is 2. The van der Waals surface area contributed by atoms with E-state index in [1.807, 2.05) is 6.92 Å². The minimum absolute atomic E-state index is 0.0946. The second-order valence-electron chi connectivity index (χ2n) is 4.66. The van der Waals surface area contributed by atoms with Gasteiger partial charge in [-0.15, -0.1) is 0 Å². The molecule has 0 heterocycles. The summed E-state index contributed by atoms with van der Waals surface area (Å²) in [4.78, 5) is 0.0946. The van der Waals surface area contributed by atoms with Crippen LogP contribution in [0.15, 0.2) is 35.2 Å². The molecule has 0 spiro atoms. The number of nitrogen functional groups attached to an aromatic ring is 1. The largest absolute Gasteiger partial charge is 0.398 e. The molecule has 0 fully saturated rings. The minimum atomic E-state index is -3.79. The SMILES string of the molecule is Cc1ccc(N)c(S(=O)(=O)Nc2ccc(I)cc2Cl)c1C. The highest BCUT2D eigenvalue weighted by Crippen LogP contribution is 2.30. The monoisotopic (exact) mass is 436 g/mol. The first-order chi connectivity index (χ1) is 9.72. The molecule has 2 aromatic rings. The van der Waals surface area contributed by atoms with Crippen molar-refractivity contribution in [3.05, 3.63) is 50.1 Å². The molecule has 112 valence electrons. The Bertz CT molecular complexity index is 807. The van der Waals surface area contributed by atoms with E-state index >= 15 is 0 Å². The Balaban J connectivity index is 2.51. The maximum absolute atomic E-state index is 12.6. The van der Waals surface area contributed by atoms with Crippen molar-refractivity contribution in [2.24, 2.45) is 0 Å². The molecule has 0 unspecified atom stereocenters. The van der Waals surface area contributed by atoms with Crippen LogP contribution >= 0.6 is 34.2 Å². The van der Waals surface area contributed by atoms with Crippen LogP contribution in [0.2, 0.25) is 5.02 Å². The summed E-state index contributed by atoms with van der Waals surface area (Å²) < 4.78 is 28.6. The molecule has 0 aromatic heterocycles. The van der Waals surface area contributed by atoms with Crippen molar-refractivity contribution in [3.8, 4) is 0 Å². The zero-order valence-corrected chi connectivity index (χ0v) is 15.2. The molecular formula is C14H14ClIN2O2S. The predicted molar refractivity (Wildman–Crippen MR) is 95.3 cm³/mol. The molecule has 2 rings (SSSR count). The van der Waals surface area contributed by atoms with Gasteiger partial charge in [-0.2, -0.15) is 0 Å². The number of anilines is 2. The summed E-state index contributed by atoms with van der Waals surface area (Å²) in [5.74, 6) is 0. The van der Waals surface area contributed by atoms with E-state index in [0.29, 0.717) is 16.3 Å². The van der Waals surface area contributed by atoms with E-state index in [1.165, 1.54) is 0 Å². The lowest BCUT2D eigenvalue weighted by atomic mass is 10.1. The van der Waals surface area contributed by atoms with Gasteiger partial charge in [-0.3, -0.25) is 4.72 Å². The Morgan fingerprint density at radius 3 is 2.48 bits per heavy atom. The third-order valence-corrected chi connectivity index (χ3v) is 5.70. The van der Waals surface area contributed by atoms with Crippen molar-refractivity contribution in [2.75, 3.05) is 10.5 Å². The molecule has 2 aromatic carbocycles. The molecule has 0 aliphatic rings. The van der Waals surface area contributed by atoms with Gasteiger partial charge in [-0.25, -0.2) is 8.42 Å². The van der Waals surface area contributed by atoms with Gasteiger partial charge in [0, 0.05) is 3.57 Å². The van der Waals surface area contributed by atoms with E-state index in [9.17, 15) is 8.42 Å². The van der Waals surface area contributed by atoms with Crippen molar-refractivity contribution in [2.45, 2.75) is 18.7 Å². The van der Waals surface area contributed by atoms with Crippen molar-refractivity contribution >= 4 is 55.6 Å². The molecule has 0 atom stereocenters. The number of aryl methyl sites for hydroxylation is 1. The summed E-state index contributed by atoms with van der Waals surface area (Å²) in [7, 11) is -3.79. The Labute approximate surface area is 142 Å². The fraction of sp³-hybridized carbons (Fsp3) is 0.143. The van der Waals surface area contributed by atoms with E-state index in [0.717, 1.165) is 9.13 Å². The van der Waals surface area contributed by atoms with Crippen LogP contribution in [0.1, 0.15) is 11.1 Å². The Morgan fingerprint density at radius 1 is 1.19 bits per heavy atom. The smallest absolute Gasteiger partial charge is 0.264 e. The van der Waals surface area contributed by atoms with Crippen molar-refractivity contribution in [3.63, 3.8) is 0 Å². The van der Waals surface area contributed by atoms with Crippen LogP contribution in [0.4, 0.5) is 11.4 Å². The second-order valence-corrected chi connectivity index (χ2v) is 7.93. The van der Waals surface area contributed by atoms with Crippen LogP contribution in [0.3, 0.4) is 0 Å². The van der Waals surface area contributed by atoms with E-state index in [1.54, 1.807) is 37.3 Å². The topological polar surface area (TPSA) is 72.2 Å². The van der Waals surface area contributed by atoms with Gasteiger partial charge in [0.25, 0.3) is 10.0 Å². The summed E-state index contributed by atoms with van der Waals surface area (Å²) in [6.45, 7) is 3.57. The number of hydrogen-bond acceptors (Lipinski definition) is 3. The van der Waals surface area contributed by atoms with Gasteiger partial charge in [0.15, 0.2) is 0 Å². The average molecular weight is 437 g/mol. The summed E-state index contributed by atoms with van der Waals surface area (Å²) in [5, 5.41) is 0.342. The first-order valence-electron chi connectivity index (χ1n) is 6.06. The van der Waals surface area contributed by atoms with Crippen molar-refractivity contribution < 1.29 is 8.42 Å². The minimum Gasteiger partial charge on any atom is -0.398 e. The molecular weight excluding hydrogens is 423 g/mol. The van der Waals surface area contributed by atoms with Gasteiger partial charge >= 0.3 is 0 Å². The van der Waals surface area contributed by atoms with Gasteiger partial charge in [0.2, 0.25) is 0 Å². The lowest BCUT2D eigenvalue weighted by Gasteiger charge is -2.15. The second kappa shape index (κ2) is 6.02. The van der Waals surface area contributed by atoms with Crippen LogP contribution in [0.5, 0.6) is 0 Å². The zero-order chi connectivity index (χ0) is 15.8. The number of halogens is 2. The maximum Gasteiger partial charge on any atom is 0.264 e. The highest BCUT2D eigenvalue weighted by Gasteiger charge is 2.22. The Kier molecular flexibility index (Phi) is 4.69. The molecule has 0 aliphatic carbocycles. The molecule has 3 N–H and O–H groups in total. The summed E-state index contributed by atoms with van der Waals surface area (Å²) in [5.41, 5.74) is 7.87. The lowest BCUT2D eigenvalue weighted by molar-refractivity contribution is 0.601. The zero-order valence-electron chi connectivity index (χ0n) is 11.4. The number of nitrogens with two attached hydrogens (primary N) is 1. The third kappa shape index (κ3) is 3.44. The molecule has 0 radical (unpaired) electrons. The molecule has 7 heteroatoms. The lowest BCUT2D eigenvalue weighted by Crippen LogP contribution is -2.17. The highest BCUT2D eigenvalue weighted by molar-refractivity contribution is 14.1. The van der Waals surface area contributed by atoms with E-state index < -0.39 is 10.0 Å². The van der Waals surface area contributed by atoms with Gasteiger partial charge < -0.3 is 5.73 Å². The van der Waals surface area contributed by atoms with Crippen LogP contribution in [0.25, 0.3) is 0 Å². The number of rotatable bonds is 3. The predicted octanol–water partition coefficient (Wildman–Crippen LogP) is 3.94. The third-order valence-electron chi connectivity index (χ3n) is 3.15. The first kappa shape index (κ1) is 16.4. The summed E-state index contributed by atoms with van der Waals surface area (Å²) in [6.07, 6.45) is 0. The number of benzene rings is 2. The Hall–Kier alpha value is -0.990. The van der Waals surface area contributed by atoms with E-state index in [2.05, 4.69) is 27.3 Å². The molecule has 0 saturated carbocycles. The van der Waals surface area contributed by atoms with Gasteiger partial charge in [0.1, 0.15) is 4.90 Å². The highest BCUT2D eigenvalue weighted by atomic mass is 127. The quantitative estimate of drug-likeness (QED) is 0.565. The fourth-order valence-electron chi connectivity index (χ4n) is 1.94. The summed E-state index contributed by atoms with van der Waals surface area (Å²) in [6, 6.07) is 8.47. The molecule has 4 nitrogen and oxygen atoms in total. The molecule has 0 amide bonds. The molecule has 0 aliphatic heterocycles. The fourth-order valence-corrected chi connectivity index (χ4v) is 4.41. The number of sulfonamides is 1. The average Bonchev–Trinajstić information content (AvgIpc) is 2.37. The van der Waals surface area contributed by atoms with Gasteiger partial charge in [0.05, 0.1) is 16.4 Å². The first-order valence-corrected chi connectivity index (χ1v) is 9.00. The van der Waals surface area contributed by atoms with E-state index in [4.69, 9.17) is 17.3 Å². The van der Waals surface area contributed by atoms with Gasteiger partial charge in [-0.1, -0.05) is 17.7 Å². The van der Waals surface area contributed by atoms with Crippen LogP contribution in [-0.4, -0.2) is 8.42 Å². The normalized spacial score (nSPS) is 11.4. The molecule has 21 heavy (non-hydrogen) atoms. The Morgan fingerprint density at radius 2 is 1.86 bits per heavy atom. The van der Waals surface area contributed by atoms with Crippen molar-refractivity contribution in [1.29, 1.82) is 0 Å². The number of nitrogens with one attached hydrogen (secondary N) is 1. The molecule has 0 saturated heterocycles. The standard InChI is InChI=1S/C14H14ClIN2O2S/c1-8-3-5-12(17)14(9(8)2)21(19,20)18-13-6-4-10(16)7-11(13)15/h3-7,18H,17H2,1-2H3. The molecule has 0 bridgehead atoms. The van der Waals surface area contributed by atoms with Crippen LogP contribution in [-0.2, 0) is 10.0 Å². The van der Waals surface area contributed by atoms with Crippen LogP contribution in [0, 0.1) is 17.4 Å². The van der Waals surface area contributed by atoms with Crippen LogP contribution < -0.4 is 10.5 Å². The van der Waals surface area contributed by atoms with E-state index in [-0.39, 0.29) is 10.6 Å². The summed E-state index contributed by atoms with van der Waals surface area (Å²) >= 11 is 8.18.